The van der Waals surface area contributed by atoms with Crippen LogP contribution in [0.2, 0.25) is 0 Å². The van der Waals surface area contributed by atoms with Crippen molar-refractivity contribution in [2.24, 2.45) is 0 Å². The fourth-order valence-corrected chi connectivity index (χ4v) is 2.41. The molecule has 0 N–H and O–H groups in total. The van der Waals surface area contributed by atoms with Gasteiger partial charge in [-0.25, -0.2) is 14.6 Å². The molecule has 0 fully saturated rings. The van der Waals surface area contributed by atoms with Gasteiger partial charge in [0.15, 0.2) is 5.65 Å². The molecule has 0 saturated carbocycles. The van der Waals surface area contributed by atoms with Crippen LogP contribution in [0.5, 0.6) is 5.88 Å². The Kier molecular flexibility index (Phi) is 4.10. The molecule has 3 aromatic heterocycles. The minimum atomic E-state index is -0.120. The zero-order valence-electron chi connectivity index (χ0n) is 13.4. The van der Waals surface area contributed by atoms with Gasteiger partial charge in [-0.3, -0.25) is 9.36 Å². The molecule has 0 aliphatic carbocycles. The molecule has 0 radical (unpaired) electrons. The van der Waals surface area contributed by atoms with Gasteiger partial charge in [-0.2, -0.15) is 5.10 Å². The number of nitrogens with zero attached hydrogens (tertiary/aromatic N) is 5. The molecule has 3 rings (SSSR count). The summed E-state index contributed by atoms with van der Waals surface area (Å²) in [6.07, 6.45) is 3.12. The molecule has 0 spiro atoms. The second kappa shape index (κ2) is 6.20. The average Bonchev–Trinajstić information content (AvgIpc) is 2.96. The summed E-state index contributed by atoms with van der Waals surface area (Å²) in [5, 5.41) is 4.76. The Hall–Kier alpha value is -2.70. The predicted molar refractivity (Wildman–Crippen MR) is 86.7 cm³/mol. The molecular weight excluding hydrogens is 294 g/mol. The molecule has 0 atom stereocenters. The third kappa shape index (κ3) is 2.94. The van der Waals surface area contributed by atoms with Crippen LogP contribution in [0.1, 0.15) is 32.5 Å². The number of pyridine rings is 1. The summed E-state index contributed by atoms with van der Waals surface area (Å²) in [4.78, 5) is 21.4. The highest BCUT2D eigenvalue weighted by Crippen LogP contribution is 2.12. The number of fused-ring (bicyclic) bond motifs is 1. The molecule has 0 saturated heterocycles. The minimum Gasteiger partial charge on any atom is -0.478 e. The van der Waals surface area contributed by atoms with Crippen LogP contribution in [-0.4, -0.2) is 30.9 Å². The van der Waals surface area contributed by atoms with Crippen LogP contribution >= 0.6 is 0 Å². The van der Waals surface area contributed by atoms with Crippen molar-refractivity contribution in [2.75, 3.05) is 6.61 Å². The fourth-order valence-electron chi connectivity index (χ4n) is 2.41. The number of aromatic nitrogens is 5. The van der Waals surface area contributed by atoms with Gasteiger partial charge < -0.3 is 4.74 Å². The molecule has 7 heteroatoms. The monoisotopic (exact) mass is 313 g/mol. The van der Waals surface area contributed by atoms with E-state index in [9.17, 15) is 4.79 Å². The first-order chi connectivity index (χ1) is 11.1. The lowest BCUT2D eigenvalue weighted by Gasteiger charge is -2.08. The van der Waals surface area contributed by atoms with Crippen molar-refractivity contribution >= 4 is 11.0 Å². The topological polar surface area (TPSA) is 74.8 Å². The van der Waals surface area contributed by atoms with Gasteiger partial charge in [-0.1, -0.05) is 6.07 Å². The van der Waals surface area contributed by atoms with Crippen LogP contribution in [0.25, 0.3) is 11.0 Å². The van der Waals surface area contributed by atoms with Gasteiger partial charge in [-0.15, -0.1) is 0 Å². The van der Waals surface area contributed by atoms with E-state index in [-0.39, 0.29) is 11.6 Å². The highest BCUT2D eigenvalue weighted by molar-refractivity contribution is 5.73. The van der Waals surface area contributed by atoms with Gasteiger partial charge in [0.2, 0.25) is 5.88 Å². The van der Waals surface area contributed by atoms with Crippen molar-refractivity contribution in [3.8, 4) is 5.88 Å². The highest BCUT2D eigenvalue weighted by Gasteiger charge is 2.12. The third-order valence-electron chi connectivity index (χ3n) is 3.47. The Bertz CT molecular complexity index is 882. The molecule has 0 aliphatic rings. The average molecular weight is 313 g/mol. The smallest absolute Gasteiger partial charge is 0.264 e. The summed E-state index contributed by atoms with van der Waals surface area (Å²) in [5.41, 5.74) is 1.23. The van der Waals surface area contributed by atoms with E-state index in [0.717, 1.165) is 5.69 Å². The van der Waals surface area contributed by atoms with Crippen LogP contribution in [-0.2, 0) is 6.54 Å². The van der Waals surface area contributed by atoms with E-state index in [2.05, 4.69) is 15.1 Å². The Balaban J connectivity index is 1.96. The summed E-state index contributed by atoms with van der Waals surface area (Å²) in [6.45, 7) is 6.81. The van der Waals surface area contributed by atoms with E-state index in [1.165, 1.54) is 4.57 Å². The first-order valence-electron chi connectivity index (χ1n) is 7.61. The molecule has 3 heterocycles. The van der Waals surface area contributed by atoms with Crippen molar-refractivity contribution in [3.63, 3.8) is 0 Å². The Morgan fingerprint density at radius 3 is 2.87 bits per heavy atom. The van der Waals surface area contributed by atoms with Crippen LogP contribution < -0.4 is 10.3 Å². The lowest BCUT2D eigenvalue weighted by molar-refractivity contribution is 0.325. The van der Waals surface area contributed by atoms with Crippen molar-refractivity contribution in [1.82, 2.24) is 24.3 Å². The quantitative estimate of drug-likeness (QED) is 0.720. The normalized spacial score (nSPS) is 11.3. The summed E-state index contributed by atoms with van der Waals surface area (Å²) >= 11 is 0. The molecule has 0 aliphatic heterocycles. The maximum absolute atomic E-state index is 12.6. The standard InChI is InChI=1S/C16H19N5O2/c1-4-23-14-7-5-6-12(19-14)9-20-10-17-15-13(16(20)22)8-18-21(15)11(2)3/h5-8,10-11H,4,9H2,1-3H3. The maximum atomic E-state index is 12.6. The van der Waals surface area contributed by atoms with E-state index in [1.807, 2.05) is 32.9 Å². The van der Waals surface area contributed by atoms with E-state index < -0.39 is 0 Å². The van der Waals surface area contributed by atoms with Crippen LogP contribution in [0, 0.1) is 0 Å². The summed E-state index contributed by atoms with van der Waals surface area (Å²) < 4.78 is 8.67. The first kappa shape index (κ1) is 15.2. The van der Waals surface area contributed by atoms with E-state index in [0.29, 0.717) is 30.1 Å². The molecule has 3 aromatic rings. The Morgan fingerprint density at radius 1 is 1.30 bits per heavy atom. The third-order valence-corrected chi connectivity index (χ3v) is 3.47. The molecule has 0 unspecified atom stereocenters. The van der Waals surface area contributed by atoms with Crippen molar-refractivity contribution in [2.45, 2.75) is 33.4 Å². The van der Waals surface area contributed by atoms with Crippen molar-refractivity contribution < 1.29 is 4.74 Å². The summed E-state index contributed by atoms with van der Waals surface area (Å²) in [5.74, 6) is 0.555. The van der Waals surface area contributed by atoms with Gasteiger partial charge in [0, 0.05) is 12.1 Å². The lowest BCUT2D eigenvalue weighted by atomic mass is 10.3. The maximum Gasteiger partial charge on any atom is 0.264 e. The predicted octanol–water partition coefficient (Wildman–Crippen LogP) is 2.02. The highest BCUT2D eigenvalue weighted by atomic mass is 16.5. The van der Waals surface area contributed by atoms with Crippen molar-refractivity contribution in [1.29, 1.82) is 0 Å². The lowest BCUT2D eigenvalue weighted by Crippen LogP contribution is -2.21. The van der Waals surface area contributed by atoms with Gasteiger partial charge in [0.1, 0.15) is 11.7 Å². The molecule has 7 nitrogen and oxygen atoms in total. The molecular formula is C16H19N5O2. The molecule has 23 heavy (non-hydrogen) atoms. The van der Waals surface area contributed by atoms with Gasteiger partial charge in [0.25, 0.3) is 5.56 Å². The molecule has 120 valence electrons. The van der Waals surface area contributed by atoms with Crippen molar-refractivity contribution in [3.05, 3.63) is 46.8 Å². The number of hydrogen-bond donors (Lipinski definition) is 0. The molecule has 0 aromatic carbocycles. The zero-order valence-corrected chi connectivity index (χ0v) is 13.4. The zero-order chi connectivity index (χ0) is 16.4. The number of rotatable bonds is 5. The largest absolute Gasteiger partial charge is 0.478 e. The van der Waals surface area contributed by atoms with Gasteiger partial charge >= 0.3 is 0 Å². The van der Waals surface area contributed by atoms with Crippen LogP contribution in [0.15, 0.2) is 35.5 Å². The Labute approximate surface area is 133 Å². The fraction of sp³-hybridized carbons (Fsp3) is 0.375. The number of hydrogen-bond acceptors (Lipinski definition) is 5. The summed E-state index contributed by atoms with van der Waals surface area (Å²) in [7, 11) is 0. The van der Waals surface area contributed by atoms with Crippen LogP contribution in [0.4, 0.5) is 0 Å². The minimum absolute atomic E-state index is 0.120. The SMILES string of the molecule is CCOc1cccc(Cn2cnc3c(cnn3C(C)C)c2=O)n1. The second-order valence-corrected chi connectivity index (χ2v) is 5.50. The van der Waals surface area contributed by atoms with E-state index >= 15 is 0 Å². The first-order valence-corrected chi connectivity index (χ1v) is 7.61. The van der Waals surface area contributed by atoms with E-state index in [1.54, 1.807) is 23.3 Å². The van der Waals surface area contributed by atoms with Crippen LogP contribution in [0.3, 0.4) is 0 Å². The second-order valence-electron chi connectivity index (χ2n) is 5.50. The van der Waals surface area contributed by atoms with Gasteiger partial charge in [0.05, 0.1) is 25.0 Å². The molecule has 0 amide bonds. The summed E-state index contributed by atoms with van der Waals surface area (Å²) in [6, 6.07) is 5.67. The Morgan fingerprint density at radius 2 is 2.13 bits per heavy atom. The number of ether oxygens (including phenoxy) is 1. The van der Waals surface area contributed by atoms with E-state index in [4.69, 9.17) is 4.74 Å². The van der Waals surface area contributed by atoms with Gasteiger partial charge in [-0.05, 0) is 26.8 Å². The molecule has 0 bridgehead atoms.